The third kappa shape index (κ3) is 4.15. The van der Waals surface area contributed by atoms with Crippen LogP contribution in [0.15, 0.2) is 18.2 Å². The lowest BCUT2D eigenvalue weighted by molar-refractivity contribution is -0.144. The van der Waals surface area contributed by atoms with E-state index in [0.29, 0.717) is 13.0 Å². The van der Waals surface area contributed by atoms with E-state index < -0.39 is 6.04 Å². The minimum absolute atomic E-state index is 0.322. The predicted molar refractivity (Wildman–Crippen MR) is 73.5 cm³/mol. The van der Waals surface area contributed by atoms with Crippen LogP contribution in [0.5, 0.6) is 0 Å². The summed E-state index contributed by atoms with van der Waals surface area (Å²) in [6.07, 6.45) is 2.53. The molecule has 1 atom stereocenters. The Morgan fingerprint density at radius 2 is 1.61 bits per heavy atom. The summed E-state index contributed by atoms with van der Waals surface area (Å²) in [5.41, 5.74) is 9.55. The number of nitrogens with two attached hydrogens (primary N) is 1. The maximum Gasteiger partial charge on any atom is 0.323 e. The summed E-state index contributed by atoms with van der Waals surface area (Å²) in [7, 11) is 0. The van der Waals surface area contributed by atoms with Crippen LogP contribution < -0.4 is 5.73 Å². The largest absolute Gasteiger partial charge is 0.465 e. The van der Waals surface area contributed by atoms with Gasteiger partial charge in [-0.3, -0.25) is 4.79 Å². The number of hydrogen-bond acceptors (Lipinski definition) is 3. The first-order chi connectivity index (χ1) is 8.60. The molecule has 0 bridgehead atoms. The number of carbonyl (C=O) groups is 1. The van der Waals surface area contributed by atoms with Gasteiger partial charge in [-0.25, -0.2) is 0 Å². The van der Waals surface area contributed by atoms with E-state index in [0.717, 1.165) is 18.4 Å². The summed E-state index contributed by atoms with van der Waals surface area (Å²) < 4.78 is 4.93. The smallest absolute Gasteiger partial charge is 0.323 e. The van der Waals surface area contributed by atoms with Gasteiger partial charge in [-0.1, -0.05) is 32.0 Å². The first kappa shape index (κ1) is 14.7. The molecule has 0 aliphatic heterocycles. The van der Waals surface area contributed by atoms with Crippen LogP contribution in [0.4, 0.5) is 0 Å². The van der Waals surface area contributed by atoms with Crippen molar-refractivity contribution in [3.8, 4) is 0 Å². The molecule has 1 rings (SSSR count). The lowest BCUT2D eigenvalue weighted by atomic mass is 9.98. The van der Waals surface area contributed by atoms with Gasteiger partial charge in [0.05, 0.1) is 6.61 Å². The SMILES string of the molecule is CCOC(=O)C(N)Cc1cc(CC)cc(CC)c1. The topological polar surface area (TPSA) is 52.3 Å². The monoisotopic (exact) mass is 249 g/mol. The Labute approximate surface area is 109 Å². The third-order valence-corrected chi connectivity index (χ3v) is 2.97. The molecule has 100 valence electrons. The van der Waals surface area contributed by atoms with Crippen molar-refractivity contribution in [2.45, 2.75) is 46.1 Å². The van der Waals surface area contributed by atoms with E-state index >= 15 is 0 Å². The second kappa shape index (κ2) is 7.17. The molecule has 0 heterocycles. The molecule has 0 aromatic heterocycles. The number of benzene rings is 1. The van der Waals surface area contributed by atoms with Gasteiger partial charge in [0, 0.05) is 0 Å². The lowest BCUT2D eigenvalue weighted by Gasteiger charge is -2.12. The Balaban J connectivity index is 2.79. The van der Waals surface area contributed by atoms with E-state index in [1.165, 1.54) is 11.1 Å². The standard InChI is InChI=1S/C15H23NO2/c1-4-11-7-12(5-2)9-13(8-11)10-14(16)15(17)18-6-3/h7-9,14H,4-6,10,16H2,1-3H3. The molecule has 0 saturated heterocycles. The molecular weight excluding hydrogens is 226 g/mol. The Hall–Kier alpha value is -1.35. The minimum Gasteiger partial charge on any atom is -0.465 e. The van der Waals surface area contributed by atoms with Gasteiger partial charge in [0.25, 0.3) is 0 Å². The lowest BCUT2D eigenvalue weighted by Crippen LogP contribution is -2.34. The fraction of sp³-hybridized carbons (Fsp3) is 0.533. The number of hydrogen-bond donors (Lipinski definition) is 1. The van der Waals surface area contributed by atoms with Gasteiger partial charge in [-0.2, -0.15) is 0 Å². The Kier molecular flexibility index (Phi) is 5.86. The average Bonchev–Trinajstić information content (AvgIpc) is 2.38. The van der Waals surface area contributed by atoms with Crippen LogP contribution in [0.1, 0.15) is 37.5 Å². The normalized spacial score (nSPS) is 12.2. The Morgan fingerprint density at radius 3 is 2.06 bits per heavy atom. The highest BCUT2D eigenvalue weighted by molar-refractivity contribution is 5.75. The molecule has 2 N–H and O–H groups in total. The molecule has 3 heteroatoms. The molecule has 0 aliphatic carbocycles. The maximum atomic E-state index is 11.5. The molecule has 3 nitrogen and oxygen atoms in total. The summed E-state index contributed by atoms with van der Waals surface area (Å²) in [6, 6.07) is 5.89. The van der Waals surface area contributed by atoms with Crippen molar-refractivity contribution in [3.05, 3.63) is 34.9 Å². The number of ether oxygens (including phenoxy) is 1. The van der Waals surface area contributed by atoms with E-state index in [1.807, 2.05) is 0 Å². The summed E-state index contributed by atoms with van der Waals surface area (Å²) >= 11 is 0. The summed E-state index contributed by atoms with van der Waals surface area (Å²) in [4.78, 5) is 11.5. The Morgan fingerprint density at radius 1 is 1.11 bits per heavy atom. The molecule has 1 unspecified atom stereocenters. The highest BCUT2D eigenvalue weighted by Gasteiger charge is 2.15. The molecule has 18 heavy (non-hydrogen) atoms. The van der Waals surface area contributed by atoms with Crippen molar-refractivity contribution in [1.29, 1.82) is 0 Å². The minimum atomic E-state index is -0.568. The molecule has 0 fully saturated rings. The molecular formula is C15H23NO2. The number of carbonyl (C=O) groups excluding carboxylic acids is 1. The summed E-state index contributed by atoms with van der Waals surface area (Å²) in [6.45, 7) is 6.42. The fourth-order valence-electron chi connectivity index (χ4n) is 1.95. The zero-order chi connectivity index (χ0) is 13.5. The highest BCUT2D eigenvalue weighted by atomic mass is 16.5. The van der Waals surface area contributed by atoms with Gasteiger partial charge < -0.3 is 10.5 Å². The van der Waals surface area contributed by atoms with Crippen molar-refractivity contribution in [2.24, 2.45) is 5.73 Å². The number of esters is 1. The third-order valence-electron chi connectivity index (χ3n) is 2.97. The maximum absolute atomic E-state index is 11.5. The van der Waals surface area contributed by atoms with Gasteiger partial charge in [-0.15, -0.1) is 0 Å². The van der Waals surface area contributed by atoms with E-state index in [2.05, 4.69) is 32.0 Å². The van der Waals surface area contributed by atoms with Gasteiger partial charge in [0.1, 0.15) is 6.04 Å². The molecule has 1 aromatic rings. The number of aryl methyl sites for hydroxylation is 2. The predicted octanol–water partition coefficient (Wildman–Crippen LogP) is 2.24. The fourth-order valence-corrected chi connectivity index (χ4v) is 1.95. The molecule has 0 saturated carbocycles. The average molecular weight is 249 g/mol. The van der Waals surface area contributed by atoms with Crippen LogP contribution in [0, 0.1) is 0 Å². The molecule has 0 amide bonds. The van der Waals surface area contributed by atoms with Crippen LogP contribution in [-0.2, 0) is 28.8 Å². The van der Waals surface area contributed by atoms with Crippen molar-refractivity contribution in [2.75, 3.05) is 6.61 Å². The zero-order valence-electron chi connectivity index (χ0n) is 11.5. The van der Waals surface area contributed by atoms with Crippen LogP contribution in [0.2, 0.25) is 0 Å². The van der Waals surface area contributed by atoms with Gasteiger partial charge in [-0.05, 0) is 42.9 Å². The number of rotatable bonds is 6. The first-order valence-electron chi connectivity index (χ1n) is 6.64. The second-order valence-electron chi connectivity index (χ2n) is 4.43. The second-order valence-corrected chi connectivity index (χ2v) is 4.43. The van der Waals surface area contributed by atoms with E-state index in [1.54, 1.807) is 6.92 Å². The molecule has 1 aromatic carbocycles. The van der Waals surface area contributed by atoms with Crippen LogP contribution >= 0.6 is 0 Å². The van der Waals surface area contributed by atoms with Gasteiger partial charge in [0.2, 0.25) is 0 Å². The van der Waals surface area contributed by atoms with E-state index in [9.17, 15) is 4.79 Å². The quantitative estimate of drug-likeness (QED) is 0.787. The summed E-state index contributed by atoms with van der Waals surface area (Å²) in [5.74, 6) is -0.322. The van der Waals surface area contributed by atoms with Crippen molar-refractivity contribution in [3.63, 3.8) is 0 Å². The Bertz CT molecular complexity index is 379. The molecule has 0 spiro atoms. The van der Waals surface area contributed by atoms with Gasteiger partial charge >= 0.3 is 5.97 Å². The highest BCUT2D eigenvalue weighted by Crippen LogP contribution is 2.13. The van der Waals surface area contributed by atoms with Crippen LogP contribution in [-0.4, -0.2) is 18.6 Å². The van der Waals surface area contributed by atoms with Crippen molar-refractivity contribution < 1.29 is 9.53 Å². The zero-order valence-corrected chi connectivity index (χ0v) is 11.5. The van der Waals surface area contributed by atoms with Gasteiger partial charge in [0.15, 0.2) is 0 Å². The first-order valence-corrected chi connectivity index (χ1v) is 6.64. The molecule has 0 aliphatic rings. The van der Waals surface area contributed by atoms with Crippen molar-refractivity contribution >= 4 is 5.97 Å². The van der Waals surface area contributed by atoms with E-state index in [-0.39, 0.29) is 5.97 Å². The van der Waals surface area contributed by atoms with Crippen LogP contribution in [0.3, 0.4) is 0 Å². The molecule has 0 radical (unpaired) electrons. The van der Waals surface area contributed by atoms with Crippen molar-refractivity contribution in [1.82, 2.24) is 0 Å². The summed E-state index contributed by atoms with van der Waals surface area (Å²) in [5, 5.41) is 0. The van der Waals surface area contributed by atoms with E-state index in [4.69, 9.17) is 10.5 Å². The van der Waals surface area contributed by atoms with Crippen LogP contribution in [0.25, 0.3) is 0 Å².